The highest BCUT2D eigenvalue weighted by Gasteiger charge is 2.23. The smallest absolute Gasteiger partial charge is 0.269 e. The van der Waals surface area contributed by atoms with Gasteiger partial charge in [-0.15, -0.1) is 0 Å². The average Bonchev–Trinajstić information content (AvgIpc) is 2.78. The Morgan fingerprint density at radius 3 is 2.41 bits per heavy atom. The van der Waals surface area contributed by atoms with E-state index in [0.717, 1.165) is 17.2 Å². The lowest BCUT2D eigenvalue weighted by Gasteiger charge is -2.11. The second-order valence-corrected chi connectivity index (χ2v) is 10.4. The van der Waals surface area contributed by atoms with Crippen molar-refractivity contribution in [2.24, 2.45) is 0 Å². The third-order valence-corrected chi connectivity index (χ3v) is 7.15. The zero-order valence-electron chi connectivity index (χ0n) is 18.2. The molecule has 0 radical (unpaired) electrons. The molecular weight excluding hydrogens is 518 g/mol. The van der Waals surface area contributed by atoms with E-state index in [9.17, 15) is 18.5 Å². The molecule has 2 aromatic heterocycles. The first-order valence-corrected chi connectivity index (χ1v) is 12.4. The number of pyridine rings is 1. The minimum Gasteiger partial charge on any atom is -0.438 e. The molecule has 2 aromatic carbocycles. The van der Waals surface area contributed by atoms with Gasteiger partial charge in [0.15, 0.2) is 0 Å². The largest absolute Gasteiger partial charge is 0.438 e. The van der Waals surface area contributed by atoms with Gasteiger partial charge >= 0.3 is 0 Å². The second-order valence-electron chi connectivity index (χ2n) is 7.57. The fourth-order valence-electron chi connectivity index (χ4n) is 3.43. The van der Waals surface area contributed by atoms with Crippen LogP contribution >= 0.6 is 15.9 Å². The summed E-state index contributed by atoms with van der Waals surface area (Å²) in [6, 6.07) is 18.1. The van der Waals surface area contributed by atoms with Crippen LogP contribution in [-0.2, 0) is 9.84 Å². The van der Waals surface area contributed by atoms with E-state index in [1.54, 1.807) is 48.5 Å². The lowest BCUT2D eigenvalue weighted by Crippen LogP contribution is -2.19. The Morgan fingerprint density at radius 1 is 1.09 bits per heavy atom. The van der Waals surface area contributed by atoms with E-state index in [2.05, 4.69) is 20.9 Å². The molecule has 0 N–H and O–H groups in total. The number of aryl methyl sites for hydroxylation is 2. The topological polar surface area (TPSA) is 102 Å². The van der Waals surface area contributed by atoms with Crippen LogP contribution < -0.4 is 10.3 Å². The molecular formula is C25H18BrN3O4S. The minimum absolute atomic E-state index is 0.0749. The molecule has 0 aliphatic carbocycles. The standard InChI is InChI=1S/C25H18BrN3O4S/c1-16-11-17(2)13-19(12-16)33-24-22(25(30)29-10-4-3-5-23(29)28-24)14-21(15-27)34(31,32)20-8-6-18(26)7-9-20/h3-14H,1-2H3/b21-14+. The van der Waals surface area contributed by atoms with Crippen molar-refractivity contribution < 1.29 is 13.2 Å². The predicted octanol–water partition coefficient (Wildman–Crippen LogP) is 5.20. The van der Waals surface area contributed by atoms with Gasteiger partial charge < -0.3 is 4.74 Å². The van der Waals surface area contributed by atoms with Crippen molar-refractivity contribution in [2.75, 3.05) is 0 Å². The van der Waals surface area contributed by atoms with Crippen LogP contribution in [0.25, 0.3) is 11.7 Å². The summed E-state index contributed by atoms with van der Waals surface area (Å²) in [5.41, 5.74) is 1.49. The Balaban J connectivity index is 1.94. The van der Waals surface area contributed by atoms with Gasteiger partial charge in [0.05, 0.1) is 4.90 Å². The maximum absolute atomic E-state index is 13.3. The molecule has 7 nitrogen and oxygen atoms in total. The fourth-order valence-corrected chi connectivity index (χ4v) is 4.83. The van der Waals surface area contributed by atoms with Gasteiger partial charge in [-0.25, -0.2) is 8.42 Å². The van der Waals surface area contributed by atoms with Gasteiger partial charge in [-0.2, -0.15) is 10.2 Å². The number of allylic oxidation sites excluding steroid dienone is 1. The summed E-state index contributed by atoms with van der Waals surface area (Å²) >= 11 is 3.26. The molecule has 0 unspecified atom stereocenters. The zero-order chi connectivity index (χ0) is 24.5. The zero-order valence-corrected chi connectivity index (χ0v) is 20.6. The molecule has 0 aliphatic rings. The Hall–Kier alpha value is -3.74. The van der Waals surface area contributed by atoms with E-state index in [-0.39, 0.29) is 16.3 Å². The highest BCUT2D eigenvalue weighted by atomic mass is 79.9. The maximum atomic E-state index is 13.3. The third kappa shape index (κ3) is 4.64. The van der Waals surface area contributed by atoms with Crippen LogP contribution in [0.2, 0.25) is 0 Å². The minimum atomic E-state index is -4.19. The van der Waals surface area contributed by atoms with Gasteiger partial charge in [-0.3, -0.25) is 9.20 Å². The van der Waals surface area contributed by atoms with Crippen molar-refractivity contribution in [1.29, 1.82) is 5.26 Å². The molecule has 0 saturated carbocycles. The van der Waals surface area contributed by atoms with Crippen LogP contribution in [0.4, 0.5) is 0 Å². The monoisotopic (exact) mass is 535 g/mol. The molecule has 4 aromatic rings. The first-order valence-electron chi connectivity index (χ1n) is 10.1. The van der Waals surface area contributed by atoms with Crippen molar-refractivity contribution in [1.82, 2.24) is 9.38 Å². The number of fused-ring (bicyclic) bond motifs is 1. The SMILES string of the molecule is Cc1cc(C)cc(Oc2nc3ccccn3c(=O)c2/C=C(\C#N)S(=O)(=O)c2ccc(Br)cc2)c1. The average molecular weight is 536 g/mol. The highest BCUT2D eigenvalue weighted by molar-refractivity contribution is 9.10. The molecule has 0 bridgehead atoms. The van der Waals surface area contributed by atoms with Gasteiger partial charge in [0, 0.05) is 10.7 Å². The van der Waals surface area contributed by atoms with Gasteiger partial charge in [-0.1, -0.05) is 28.1 Å². The van der Waals surface area contributed by atoms with Crippen molar-refractivity contribution >= 4 is 37.5 Å². The van der Waals surface area contributed by atoms with E-state index in [0.29, 0.717) is 15.9 Å². The van der Waals surface area contributed by atoms with Crippen LogP contribution in [0, 0.1) is 25.2 Å². The number of nitriles is 1. The van der Waals surface area contributed by atoms with Crippen molar-refractivity contribution in [3.63, 3.8) is 0 Å². The Bertz CT molecular complexity index is 1630. The number of sulfone groups is 1. The molecule has 0 atom stereocenters. The molecule has 4 rings (SSSR count). The van der Waals surface area contributed by atoms with Crippen LogP contribution in [-0.4, -0.2) is 17.8 Å². The van der Waals surface area contributed by atoms with E-state index in [1.807, 2.05) is 19.9 Å². The number of hydrogen-bond acceptors (Lipinski definition) is 6. The molecule has 0 aliphatic heterocycles. The third-order valence-electron chi connectivity index (χ3n) is 4.94. The summed E-state index contributed by atoms with van der Waals surface area (Å²) in [6.45, 7) is 3.81. The number of aromatic nitrogens is 2. The second kappa shape index (κ2) is 9.25. The number of nitrogens with zero attached hydrogens (tertiary/aromatic N) is 3. The fraction of sp³-hybridized carbons (Fsp3) is 0.0800. The lowest BCUT2D eigenvalue weighted by atomic mass is 10.1. The van der Waals surface area contributed by atoms with Crippen molar-refractivity contribution in [3.8, 4) is 17.7 Å². The van der Waals surface area contributed by atoms with Gasteiger partial charge in [0.25, 0.3) is 5.56 Å². The lowest BCUT2D eigenvalue weighted by molar-refractivity contribution is 0.460. The van der Waals surface area contributed by atoms with E-state index in [1.165, 1.54) is 22.7 Å². The van der Waals surface area contributed by atoms with E-state index < -0.39 is 20.3 Å². The molecule has 170 valence electrons. The van der Waals surface area contributed by atoms with Crippen LogP contribution in [0.5, 0.6) is 11.6 Å². The number of ether oxygens (including phenoxy) is 1. The highest BCUT2D eigenvalue weighted by Crippen LogP contribution is 2.28. The molecule has 34 heavy (non-hydrogen) atoms. The van der Waals surface area contributed by atoms with Crippen molar-refractivity contribution in [3.05, 3.63) is 103 Å². The summed E-state index contributed by atoms with van der Waals surface area (Å²) < 4.78 is 34.2. The molecule has 0 amide bonds. The normalized spacial score (nSPS) is 11.9. The van der Waals surface area contributed by atoms with Crippen LogP contribution in [0.3, 0.4) is 0 Å². The first-order chi connectivity index (χ1) is 16.2. The van der Waals surface area contributed by atoms with Gasteiger partial charge in [0.1, 0.15) is 27.9 Å². The number of halogens is 1. The number of benzene rings is 2. The molecule has 2 heterocycles. The van der Waals surface area contributed by atoms with Crippen molar-refractivity contribution in [2.45, 2.75) is 18.7 Å². The summed E-state index contributed by atoms with van der Waals surface area (Å²) in [5, 5.41) is 9.72. The predicted molar refractivity (Wildman–Crippen MR) is 132 cm³/mol. The summed E-state index contributed by atoms with van der Waals surface area (Å²) in [6.07, 6.45) is 2.53. The maximum Gasteiger partial charge on any atom is 0.269 e. The summed E-state index contributed by atoms with van der Waals surface area (Å²) in [5.74, 6) is 0.341. The summed E-state index contributed by atoms with van der Waals surface area (Å²) in [7, 11) is -4.19. The van der Waals surface area contributed by atoms with E-state index in [4.69, 9.17) is 4.74 Å². The molecule has 0 spiro atoms. The Labute approximate surface area is 204 Å². The van der Waals surface area contributed by atoms with Crippen LogP contribution in [0.15, 0.2) is 85.9 Å². The quantitative estimate of drug-likeness (QED) is 0.325. The van der Waals surface area contributed by atoms with Gasteiger partial charge in [-0.05, 0) is 79.6 Å². The first kappa shape index (κ1) is 23.4. The Morgan fingerprint density at radius 2 is 1.76 bits per heavy atom. The van der Waals surface area contributed by atoms with E-state index >= 15 is 0 Å². The Kier molecular flexibility index (Phi) is 6.37. The molecule has 0 fully saturated rings. The molecule has 0 saturated heterocycles. The summed E-state index contributed by atoms with van der Waals surface area (Å²) in [4.78, 5) is 17.1. The number of rotatable bonds is 5. The van der Waals surface area contributed by atoms with Gasteiger partial charge in [0.2, 0.25) is 15.7 Å². The van der Waals surface area contributed by atoms with Crippen LogP contribution in [0.1, 0.15) is 16.7 Å². The molecule has 9 heteroatoms. The number of hydrogen-bond donors (Lipinski definition) is 0.